The average molecular weight is 577 g/mol. The van der Waals surface area contributed by atoms with E-state index < -0.39 is 11.9 Å². The highest BCUT2D eigenvalue weighted by molar-refractivity contribution is 9.10. The number of nitrogens with two attached hydrogens (primary N) is 1. The van der Waals surface area contributed by atoms with E-state index in [9.17, 15) is 9.59 Å². The molecule has 1 atom stereocenters. The number of esters is 1. The molecule has 0 aromatic heterocycles. The minimum atomic E-state index is -0.745. The van der Waals surface area contributed by atoms with Gasteiger partial charge in [0.15, 0.2) is 5.78 Å². The lowest BCUT2D eigenvalue weighted by atomic mass is 9.70. The number of ether oxygens (including phenoxy) is 4. The van der Waals surface area contributed by atoms with Crippen LogP contribution in [0.1, 0.15) is 43.7 Å². The van der Waals surface area contributed by atoms with Crippen LogP contribution in [0, 0.1) is 5.41 Å². The number of hydrogen-bond donors (Lipinski definition) is 1. The van der Waals surface area contributed by atoms with Crippen LogP contribution in [0.25, 0.3) is 0 Å². The first kappa shape index (κ1) is 26.1. The number of carbonyl (C=O) groups is 2. The highest BCUT2D eigenvalue weighted by atomic mass is 79.9. The first-order valence-electron chi connectivity index (χ1n) is 11.3. The third-order valence-corrected chi connectivity index (χ3v) is 7.06. The van der Waals surface area contributed by atoms with Gasteiger partial charge in [-0.25, -0.2) is 4.79 Å². The number of allylic oxidation sites excluding steroid dienone is 2. The smallest absolute Gasteiger partial charge is 0.340 e. The normalized spacial score (nSPS) is 18.9. The number of methoxy groups -OCH3 is 2. The van der Waals surface area contributed by atoms with Gasteiger partial charge in [-0.15, -0.1) is 0 Å². The largest absolute Gasteiger partial charge is 0.496 e. The van der Waals surface area contributed by atoms with Crippen molar-refractivity contribution in [1.29, 1.82) is 0 Å². The molecular weight excluding hydrogens is 550 g/mol. The van der Waals surface area contributed by atoms with Gasteiger partial charge < -0.3 is 24.7 Å². The molecule has 1 aliphatic heterocycles. The summed E-state index contributed by atoms with van der Waals surface area (Å²) < 4.78 is 23.2. The molecule has 9 heteroatoms. The van der Waals surface area contributed by atoms with Gasteiger partial charge in [0.1, 0.15) is 29.4 Å². The molecule has 0 spiro atoms. The number of Topliss-reactive ketones (excluding diaryl/α,β-unsaturated/α-hetero) is 1. The van der Waals surface area contributed by atoms with Crippen molar-refractivity contribution in [3.63, 3.8) is 0 Å². The number of halogens is 2. The maximum absolute atomic E-state index is 13.4. The van der Waals surface area contributed by atoms with Crippen LogP contribution in [0.4, 0.5) is 0 Å². The van der Waals surface area contributed by atoms with Gasteiger partial charge in [0, 0.05) is 28.5 Å². The summed E-state index contributed by atoms with van der Waals surface area (Å²) in [5.74, 6) is 0.0273. The van der Waals surface area contributed by atoms with Crippen LogP contribution in [0.15, 0.2) is 63.7 Å². The van der Waals surface area contributed by atoms with Crippen molar-refractivity contribution < 1.29 is 28.5 Å². The molecule has 2 aromatic rings. The Balaban J connectivity index is 1.78. The van der Waals surface area contributed by atoms with Crippen LogP contribution >= 0.6 is 27.5 Å². The zero-order chi connectivity index (χ0) is 26.2. The molecule has 2 aliphatic rings. The Morgan fingerprint density at radius 2 is 1.89 bits per heavy atom. The molecule has 1 aliphatic carbocycles. The number of rotatable bonds is 6. The maximum atomic E-state index is 13.4. The van der Waals surface area contributed by atoms with Crippen molar-refractivity contribution in [3.05, 3.63) is 79.8 Å². The number of hydrogen-bond acceptors (Lipinski definition) is 7. The van der Waals surface area contributed by atoms with E-state index in [2.05, 4.69) is 15.9 Å². The molecule has 7 nitrogen and oxygen atoms in total. The highest BCUT2D eigenvalue weighted by Gasteiger charge is 2.45. The van der Waals surface area contributed by atoms with E-state index >= 15 is 0 Å². The van der Waals surface area contributed by atoms with Gasteiger partial charge in [-0.3, -0.25) is 4.79 Å². The summed E-state index contributed by atoms with van der Waals surface area (Å²) in [4.78, 5) is 26.2. The van der Waals surface area contributed by atoms with Crippen molar-refractivity contribution in [3.8, 4) is 11.5 Å². The second-order valence-electron chi connectivity index (χ2n) is 9.52. The standard InChI is InChI=1S/C27H27BrClNO6/c1-27(2)11-18(31)23-21(12-27)36-25(30)24(26(32)34-4)22(23)14-5-7-19(33-3)15(9-14)13-35-20-8-6-16(28)10-17(20)29/h5-10,22H,11-13,30H2,1-4H3/t22-/m1/s1. The van der Waals surface area contributed by atoms with E-state index in [1.165, 1.54) is 7.11 Å². The summed E-state index contributed by atoms with van der Waals surface area (Å²) in [7, 11) is 2.83. The summed E-state index contributed by atoms with van der Waals surface area (Å²) >= 11 is 9.69. The molecule has 0 bridgehead atoms. The summed E-state index contributed by atoms with van der Waals surface area (Å²) in [6.07, 6.45) is 0.849. The van der Waals surface area contributed by atoms with E-state index in [0.717, 1.165) is 4.47 Å². The number of ketones is 1. The SMILES string of the molecule is COC(=O)C1=C(N)OC2=C(C(=O)CC(C)(C)C2)[C@H]1c1ccc(OC)c(COc2ccc(Br)cc2Cl)c1. The van der Waals surface area contributed by atoms with Crippen molar-refractivity contribution in [2.45, 2.75) is 39.2 Å². The van der Waals surface area contributed by atoms with E-state index in [4.69, 9.17) is 36.3 Å². The third kappa shape index (κ3) is 5.11. The molecule has 0 radical (unpaired) electrons. The Kier molecular flexibility index (Phi) is 7.38. The van der Waals surface area contributed by atoms with E-state index in [1.807, 2.05) is 26.0 Å². The fraction of sp³-hybridized carbons (Fsp3) is 0.333. The zero-order valence-electron chi connectivity index (χ0n) is 20.4. The summed E-state index contributed by atoms with van der Waals surface area (Å²) in [6.45, 7) is 4.14. The second kappa shape index (κ2) is 10.2. The minimum Gasteiger partial charge on any atom is -0.496 e. The minimum absolute atomic E-state index is 0.0636. The fourth-order valence-electron chi connectivity index (χ4n) is 4.67. The molecule has 36 heavy (non-hydrogen) atoms. The number of carbonyl (C=O) groups excluding carboxylic acids is 2. The Morgan fingerprint density at radius 3 is 2.56 bits per heavy atom. The maximum Gasteiger partial charge on any atom is 0.340 e. The van der Waals surface area contributed by atoms with Gasteiger partial charge in [-0.2, -0.15) is 0 Å². The summed E-state index contributed by atoms with van der Waals surface area (Å²) in [5.41, 5.74) is 7.83. The monoisotopic (exact) mass is 575 g/mol. The second-order valence-corrected chi connectivity index (χ2v) is 10.8. The van der Waals surface area contributed by atoms with Gasteiger partial charge in [0.25, 0.3) is 0 Å². The quantitative estimate of drug-likeness (QED) is 0.435. The summed E-state index contributed by atoms with van der Waals surface area (Å²) in [6, 6.07) is 10.8. The number of benzene rings is 2. The molecule has 0 amide bonds. The molecular formula is C27H27BrClNO6. The van der Waals surface area contributed by atoms with Crippen LogP contribution in [0.5, 0.6) is 11.5 Å². The van der Waals surface area contributed by atoms with Crippen LogP contribution in [-0.4, -0.2) is 26.0 Å². The van der Waals surface area contributed by atoms with Crippen LogP contribution in [0.2, 0.25) is 5.02 Å². The molecule has 4 rings (SSSR count). The predicted octanol–water partition coefficient (Wildman–Crippen LogP) is 5.79. The zero-order valence-corrected chi connectivity index (χ0v) is 22.8. The highest BCUT2D eigenvalue weighted by Crippen LogP contribution is 2.48. The Labute approximate surface area is 223 Å². The van der Waals surface area contributed by atoms with Crippen LogP contribution in [-0.2, 0) is 25.7 Å². The van der Waals surface area contributed by atoms with Crippen LogP contribution < -0.4 is 15.2 Å². The first-order chi connectivity index (χ1) is 17.0. The Bertz CT molecular complexity index is 1300. The molecule has 0 unspecified atom stereocenters. The molecule has 0 saturated heterocycles. The van der Waals surface area contributed by atoms with Gasteiger partial charge in [-0.05, 0) is 41.3 Å². The lowest BCUT2D eigenvalue weighted by molar-refractivity contribution is -0.136. The lowest BCUT2D eigenvalue weighted by Crippen LogP contribution is -2.35. The van der Waals surface area contributed by atoms with Crippen molar-refractivity contribution >= 4 is 39.3 Å². The molecule has 1 heterocycles. The molecule has 2 N–H and O–H groups in total. The molecule has 190 valence electrons. The fourth-order valence-corrected chi connectivity index (χ4v) is 5.39. The van der Waals surface area contributed by atoms with Gasteiger partial charge in [0.2, 0.25) is 5.88 Å². The van der Waals surface area contributed by atoms with Crippen molar-refractivity contribution in [2.75, 3.05) is 14.2 Å². The van der Waals surface area contributed by atoms with Crippen molar-refractivity contribution in [1.82, 2.24) is 0 Å². The van der Waals surface area contributed by atoms with Gasteiger partial charge in [0.05, 0.1) is 25.2 Å². The van der Waals surface area contributed by atoms with Crippen LogP contribution in [0.3, 0.4) is 0 Å². The van der Waals surface area contributed by atoms with E-state index in [1.54, 1.807) is 31.4 Å². The summed E-state index contributed by atoms with van der Waals surface area (Å²) in [5, 5.41) is 0.456. The van der Waals surface area contributed by atoms with Gasteiger partial charge >= 0.3 is 5.97 Å². The molecule has 0 saturated carbocycles. The van der Waals surface area contributed by atoms with E-state index in [-0.39, 0.29) is 29.3 Å². The third-order valence-electron chi connectivity index (χ3n) is 6.28. The predicted molar refractivity (Wildman–Crippen MR) is 139 cm³/mol. The van der Waals surface area contributed by atoms with Crippen molar-refractivity contribution in [2.24, 2.45) is 11.1 Å². The Hall–Kier alpha value is -2.97. The van der Waals surface area contributed by atoms with E-state index in [0.29, 0.717) is 51.8 Å². The first-order valence-corrected chi connectivity index (χ1v) is 12.5. The topological polar surface area (TPSA) is 97.1 Å². The molecule has 0 fully saturated rings. The molecule has 2 aromatic carbocycles. The lowest BCUT2D eigenvalue weighted by Gasteiger charge is -2.38. The average Bonchev–Trinajstić information content (AvgIpc) is 2.81. The van der Waals surface area contributed by atoms with Gasteiger partial charge in [-0.1, -0.05) is 47.4 Å². The Morgan fingerprint density at radius 1 is 1.17 bits per heavy atom.